The van der Waals surface area contributed by atoms with Crippen molar-refractivity contribution in [3.05, 3.63) is 29.0 Å². The Morgan fingerprint density at radius 3 is 2.79 bits per heavy atom. The molecule has 2 N–H and O–H groups in total. The molecule has 0 amide bonds. The molecule has 0 aromatic carbocycles. The highest BCUT2D eigenvalue weighted by Gasteiger charge is 2.24. The van der Waals surface area contributed by atoms with Crippen molar-refractivity contribution in [3.8, 4) is 0 Å². The van der Waals surface area contributed by atoms with Gasteiger partial charge in [0, 0.05) is 18.4 Å². The fraction of sp³-hybridized carbons (Fsp3) is 0.545. The van der Waals surface area contributed by atoms with Crippen molar-refractivity contribution in [2.24, 2.45) is 11.7 Å². The van der Waals surface area contributed by atoms with Gasteiger partial charge in [-0.3, -0.25) is 4.98 Å². The second kappa shape index (κ2) is 4.28. The molecule has 0 saturated heterocycles. The van der Waals surface area contributed by atoms with E-state index in [9.17, 15) is 0 Å². The SMILES string of the molecule is N[C@@H](c1ccncc1Cl)C1CCCC1. The number of nitrogens with zero attached hydrogens (tertiary/aromatic N) is 1. The maximum Gasteiger partial charge on any atom is 0.0637 e. The zero-order valence-electron chi connectivity index (χ0n) is 8.12. The van der Waals surface area contributed by atoms with Gasteiger partial charge in [0.2, 0.25) is 0 Å². The van der Waals surface area contributed by atoms with Crippen LogP contribution in [0.1, 0.15) is 37.3 Å². The van der Waals surface area contributed by atoms with E-state index in [-0.39, 0.29) is 6.04 Å². The quantitative estimate of drug-likeness (QED) is 0.815. The Hall–Kier alpha value is -0.600. The summed E-state index contributed by atoms with van der Waals surface area (Å²) in [5, 5.41) is 0.701. The maximum absolute atomic E-state index is 6.19. The summed E-state index contributed by atoms with van der Waals surface area (Å²) in [5.41, 5.74) is 7.24. The molecule has 1 aliphatic carbocycles. The molecule has 0 radical (unpaired) electrons. The van der Waals surface area contributed by atoms with E-state index in [2.05, 4.69) is 4.98 Å². The van der Waals surface area contributed by atoms with Crippen LogP contribution in [-0.2, 0) is 0 Å². The molecule has 2 nitrogen and oxygen atoms in total. The first-order chi connectivity index (χ1) is 6.79. The lowest BCUT2D eigenvalue weighted by Gasteiger charge is -2.19. The Morgan fingerprint density at radius 2 is 2.14 bits per heavy atom. The summed E-state index contributed by atoms with van der Waals surface area (Å²) in [6, 6.07) is 2.03. The fourth-order valence-corrected chi connectivity index (χ4v) is 2.47. The van der Waals surface area contributed by atoms with Crippen LogP contribution in [0.4, 0.5) is 0 Å². The second-order valence-electron chi connectivity index (χ2n) is 3.97. The molecule has 1 saturated carbocycles. The Morgan fingerprint density at radius 1 is 1.43 bits per heavy atom. The molecule has 14 heavy (non-hydrogen) atoms. The summed E-state index contributed by atoms with van der Waals surface area (Å²) in [6.07, 6.45) is 8.52. The molecule has 1 aromatic heterocycles. The van der Waals surface area contributed by atoms with Crippen molar-refractivity contribution in [1.82, 2.24) is 4.98 Å². The van der Waals surface area contributed by atoms with Crippen molar-refractivity contribution in [2.45, 2.75) is 31.7 Å². The van der Waals surface area contributed by atoms with E-state index in [0.29, 0.717) is 10.9 Å². The van der Waals surface area contributed by atoms with E-state index in [0.717, 1.165) is 5.56 Å². The van der Waals surface area contributed by atoms with Crippen LogP contribution >= 0.6 is 11.6 Å². The number of halogens is 1. The first kappa shape index (κ1) is 9.94. The lowest BCUT2D eigenvalue weighted by atomic mass is 9.93. The first-order valence-corrected chi connectivity index (χ1v) is 5.52. The van der Waals surface area contributed by atoms with Crippen LogP contribution in [0.25, 0.3) is 0 Å². The third-order valence-corrected chi connectivity index (χ3v) is 3.39. The Kier molecular flexibility index (Phi) is 3.04. The number of hydrogen-bond acceptors (Lipinski definition) is 2. The second-order valence-corrected chi connectivity index (χ2v) is 4.37. The van der Waals surface area contributed by atoms with Gasteiger partial charge in [-0.1, -0.05) is 24.4 Å². The lowest BCUT2D eigenvalue weighted by molar-refractivity contribution is 0.445. The van der Waals surface area contributed by atoms with Gasteiger partial charge in [-0.25, -0.2) is 0 Å². The molecule has 1 heterocycles. The Balaban J connectivity index is 2.17. The summed E-state index contributed by atoms with van der Waals surface area (Å²) < 4.78 is 0. The molecular weight excluding hydrogens is 196 g/mol. The number of aromatic nitrogens is 1. The predicted molar refractivity (Wildman–Crippen MR) is 58.1 cm³/mol. The van der Waals surface area contributed by atoms with Gasteiger partial charge in [0.25, 0.3) is 0 Å². The van der Waals surface area contributed by atoms with Crippen molar-refractivity contribution in [2.75, 3.05) is 0 Å². The van der Waals surface area contributed by atoms with E-state index in [1.807, 2.05) is 6.07 Å². The van der Waals surface area contributed by atoms with Gasteiger partial charge in [0.05, 0.1) is 5.02 Å². The van der Waals surface area contributed by atoms with Gasteiger partial charge in [-0.05, 0) is 30.4 Å². The molecule has 0 aliphatic heterocycles. The van der Waals surface area contributed by atoms with Crippen LogP contribution in [0.5, 0.6) is 0 Å². The summed E-state index contributed by atoms with van der Waals surface area (Å²) >= 11 is 6.06. The highest BCUT2D eigenvalue weighted by atomic mass is 35.5. The van der Waals surface area contributed by atoms with E-state index < -0.39 is 0 Å². The summed E-state index contributed by atoms with van der Waals surface area (Å²) in [6.45, 7) is 0. The number of hydrogen-bond donors (Lipinski definition) is 1. The highest BCUT2D eigenvalue weighted by molar-refractivity contribution is 6.31. The molecule has 1 fully saturated rings. The fourth-order valence-electron chi connectivity index (χ4n) is 2.23. The Bertz CT molecular complexity index is 308. The molecule has 0 unspecified atom stereocenters. The van der Waals surface area contributed by atoms with Crippen molar-refractivity contribution in [1.29, 1.82) is 0 Å². The standard InChI is InChI=1S/C11H15ClN2/c12-10-7-14-6-5-9(10)11(13)8-3-1-2-4-8/h5-8,11H,1-4,13H2/t11-/m1/s1. The van der Waals surface area contributed by atoms with Gasteiger partial charge in [-0.2, -0.15) is 0 Å². The zero-order chi connectivity index (χ0) is 9.97. The predicted octanol–water partition coefficient (Wildman–Crippen LogP) is 2.93. The van der Waals surface area contributed by atoms with Crippen LogP contribution in [0.2, 0.25) is 5.02 Å². The maximum atomic E-state index is 6.19. The summed E-state index contributed by atoms with van der Waals surface area (Å²) in [5.74, 6) is 0.606. The zero-order valence-corrected chi connectivity index (χ0v) is 8.87. The van der Waals surface area contributed by atoms with E-state index in [4.69, 9.17) is 17.3 Å². The van der Waals surface area contributed by atoms with E-state index in [1.54, 1.807) is 12.4 Å². The molecule has 3 heteroatoms. The molecule has 1 aliphatic rings. The normalized spacial score (nSPS) is 19.9. The highest BCUT2D eigenvalue weighted by Crippen LogP contribution is 2.36. The average molecular weight is 211 g/mol. The third kappa shape index (κ3) is 1.91. The van der Waals surface area contributed by atoms with Crippen LogP contribution < -0.4 is 5.73 Å². The van der Waals surface area contributed by atoms with Gasteiger partial charge >= 0.3 is 0 Å². The number of pyridine rings is 1. The summed E-state index contributed by atoms with van der Waals surface area (Å²) in [7, 11) is 0. The molecule has 1 aromatic rings. The van der Waals surface area contributed by atoms with Crippen LogP contribution in [0.15, 0.2) is 18.5 Å². The largest absolute Gasteiger partial charge is 0.324 e. The van der Waals surface area contributed by atoms with Crippen LogP contribution in [0, 0.1) is 5.92 Å². The number of nitrogens with two attached hydrogens (primary N) is 1. The number of rotatable bonds is 2. The topological polar surface area (TPSA) is 38.9 Å². The monoisotopic (exact) mass is 210 g/mol. The van der Waals surface area contributed by atoms with Gasteiger partial charge < -0.3 is 5.73 Å². The molecule has 0 bridgehead atoms. The molecule has 2 rings (SSSR count). The molecule has 0 spiro atoms. The third-order valence-electron chi connectivity index (χ3n) is 3.07. The van der Waals surface area contributed by atoms with Gasteiger partial charge in [0.15, 0.2) is 0 Å². The molecule has 1 atom stereocenters. The van der Waals surface area contributed by atoms with E-state index >= 15 is 0 Å². The minimum absolute atomic E-state index is 0.0907. The van der Waals surface area contributed by atoms with Gasteiger partial charge in [0.1, 0.15) is 0 Å². The van der Waals surface area contributed by atoms with Crippen molar-refractivity contribution in [3.63, 3.8) is 0 Å². The van der Waals surface area contributed by atoms with Crippen molar-refractivity contribution >= 4 is 11.6 Å². The van der Waals surface area contributed by atoms with E-state index in [1.165, 1.54) is 25.7 Å². The molecule has 76 valence electrons. The van der Waals surface area contributed by atoms with Gasteiger partial charge in [-0.15, -0.1) is 0 Å². The minimum Gasteiger partial charge on any atom is -0.324 e. The lowest BCUT2D eigenvalue weighted by Crippen LogP contribution is -2.19. The van der Waals surface area contributed by atoms with Crippen molar-refractivity contribution < 1.29 is 0 Å². The first-order valence-electron chi connectivity index (χ1n) is 5.14. The molecular formula is C11H15ClN2. The van der Waals surface area contributed by atoms with Crippen LogP contribution in [0.3, 0.4) is 0 Å². The summed E-state index contributed by atoms with van der Waals surface area (Å²) in [4.78, 5) is 3.97. The smallest absolute Gasteiger partial charge is 0.0637 e. The Labute approximate surface area is 89.5 Å². The average Bonchev–Trinajstić information content (AvgIpc) is 2.70. The minimum atomic E-state index is 0.0907. The van der Waals surface area contributed by atoms with Crippen LogP contribution in [-0.4, -0.2) is 4.98 Å².